The minimum Gasteiger partial charge on any atom is -0.494 e. The number of nitrogens with one attached hydrogen (secondary N) is 2. The molecule has 1 aromatic heterocycles. The first-order valence-electron chi connectivity index (χ1n) is 8.05. The molecule has 134 valence electrons. The molecule has 8 heteroatoms. The number of benzene rings is 2. The highest BCUT2D eigenvalue weighted by atomic mass is 32.2. The fourth-order valence-electron chi connectivity index (χ4n) is 2.30. The highest BCUT2D eigenvalue weighted by Gasteiger charge is 2.08. The second-order valence-electron chi connectivity index (χ2n) is 5.28. The van der Waals surface area contributed by atoms with Gasteiger partial charge in [-0.1, -0.05) is 12.1 Å². The number of hydrogen-bond donors (Lipinski definition) is 2. The summed E-state index contributed by atoms with van der Waals surface area (Å²) < 4.78 is 7.52. The van der Waals surface area contributed by atoms with Gasteiger partial charge in [0.1, 0.15) is 5.75 Å². The van der Waals surface area contributed by atoms with E-state index >= 15 is 0 Å². The van der Waals surface area contributed by atoms with E-state index in [1.54, 1.807) is 22.7 Å². The first-order valence-corrected chi connectivity index (χ1v) is 9.68. The second kappa shape index (κ2) is 8.68. The Morgan fingerprint density at radius 1 is 1.23 bits per heavy atom. The number of aromatic amines is 1. The van der Waals surface area contributed by atoms with Crippen LogP contribution in [0.4, 0.5) is 0 Å². The SMILES string of the molecule is CCOc1ccc(-c2n[nH]c(=S)n2NN=Cc2ccc(SC)cc2)cc1. The Kier molecular flexibility index (Phi) is 6.08. The van der Waals surface area contributed by atoms with Crippen LogP contribution in [0.1, 0.15) is 12.5 Å². The third-order valence-electron chi connectivity index (χ3n) is 3.58. The Labute approximate surface area is 161 Å². The Morgan fingerprint density at radius 3 is 2.62 bits per heavy atom. The number of thioether (sulfide) groups is 1. The van der Waals surface area contributed by atoms with E-state index in [1.807, 2.05) is 49.6 Å². The van der Waals surface area contributed by atoms with Crippen LogP contribution in [0.5, 0.6) is 5.75 Å². The number of nitrogens with zero attached hydrogens (tertiary/aromatic N) is 3. The number of H-pyrrole nitrogens is 1. The zero-order valence-electron chi connectivity index (χ0n) is 14.5. The number of hydrazone groups is 1. The van der Waals surface area contributed by atoms with Crippen molar-refractivity contribution in [2.45, 2.75) is 11.8 Å². The summed E-state index contributed by atoms with van der Waals surface area (Å²) in [5, 5.41) is 11.3. The number of rotatable bonds is 7. The van der Waals surface area contributed by atoms with Crippen LogP contribution < -0.4 is 10.3 Å². The summed E-state index contributed by atoms with van der Waals surface area (Å²) in [5.41, 5.74) is 4.82. The maximum absolute atomic E-state index is 5.47. The van der Waals surface area contributed by atoms with E-state index in [0.29, 0.717) is 17.2 Å². The molecule has 3 aromatic rings. The smallest absolute Gasteiger partial charge is 0.216 e. The number of ether oxygens (including phenoxy) is 1. The molecule has 0 aliphatic rings. The summed E-state index contributed by atoms with van der Waals surface area (Å²) in [7, 11) is 0. The van der Waals surface area contributed by atoms with Gasteiger partial charge in [-0.25, -0.2) is 10.6 Å². The molecule has 6 nitrogen and oxygen atoms in total. The molecule has 26 heavy (non-hydrogen) atoms. The molecule has 0 saturated heterocycles. The Morgan fingerprint density at radius 2 is 1.96 bits per heavy atom. The van der Waals surface area contributed by atoms with Gasteiger partial charge in [-0.3, -0.25) is 0 Å². The summed E-state index contributed by atoms with van der Waals surface area (Å²) in [6.45, 7) is 2.59. The van der Waals surface area contributed by atoms with Gasteiger partial charge in [-0.05, 0) is 67.4 Å². The molecule has 0 spiro atoms. The minimum atomic E-state index is 0.434. The zero-order chi connectivity index (χ0) is 18.4. The van der Waals surface area contributed by atoms with Gasteiger partial charge in [0.2, 0.25) is 4.77 Å². The molecular formula is C18H19N5OS2. The Balaban J connectivity index is 1.77. The minimum absolute atomic E-state index is 0.434. The lowest BCUT2D eigenvalue weighted by molar-refractivity contribution is 0.340. The molecule has 0 atom stereocenters. The summed E-state index contributed by atoms with van der Waals surface area (Å²) in [5.74, 6) is 1.46. The third-order valence-corrected chi connectivity index (χ3v) is 4.60. The van der Waals surface area contributed by atoms with Gasteiger partial charge in [-0.15, -0.1) is 11.8 Å². The molecule has 0 unspecified atom stereocenters. The first kappa shape index (κ1) is 18.2. The van der Waals surface area contributed by atoms with Crippen molar-refractivity contribution < 1.29 is 4.74 Å². The predicted molar refractivity (Wildman–Crippen MR) is 109 cm³/mol. The summed E-state index contributed by atoms with van der Waals surface area (Å²) in [6, 6.07) is 15.8. The van der Waals surface area contributed by atoms with E-state index in [0.717, 1.165) is 16.9 Å². The average molecular weight is 386 g/mol. The van der Waals surface area contributed by atoms with Gasteiger partial charge in [0.05, 0.1) is 12.8 Å². The van der Waals surface area contributed by atoms with E-state index in [-0.39, 0.29) is 0 Å². The quantitative estimate of drug-likeness (QED) is 0.275. The van der Waals surface area contributed by atoms with Crippen LogP contribution >= 0.6 is 24.0 Å². The summed E-state index contributed by atoms with van der Waals surface area (Å²) >= 11 is 6.99. The van der Waals surface area contributed by atoms with E-state index in [9.17, 15) is 0 Å². The van der Waals surface area contributed by atoms with Crippen molar-refractivity contribution in [1.29, 1.82) is 0 Å². The predicted octanol–water partition coefficient (Wildman–Crippen LogP) is 4.31. The van der Waals surface area contributed by atoms with E-state index in [2.05, 4.69) is 33.0 Å². The Hall–Kier alpha value is -2.58. The van der Waals surface area contributed by atoms with Crippen molar-refractivity contribution in [3.8, 4) is 17.1 Å². The molecule has 0 bridgehead atoms. The van der Waals surface area contributed by atoms with Crippen LogP contribution in [-0.2, 0) is 0 Å². The van der Waals surface area contributed by atoms with Crippen molar-refractivity contribution in [2.75, 3.05) is 18.4 Å². The molecule has 0 amide bonds. The van der Waals surface area contributed by atoms with Crippen molar-refractivity contribution in [3.63, 3.8) is 0 Å². The van der Waals surface area contributed by atoms with Crippen LogP contribution in [0.15, 0.2) is 58.5 Å². The highest BCUT2D eigenvalue weighted by molar-refractivity contribution is 7.98. The standard InChI is InChI=1S/C18H19N5OS2/c1-3-24-15-8-6-14(7-9-15)17-20-21-18(25)23(17)22-19-12-13-4-10-16(26-2)11-5-13/h4-12,22H,3H2,1-2H3,(H,21,25). The van der Waals surface area contributed by atoms with Gasteiger partial charge in [0, 0.05) is 10.5 Å². The van der Waals surface area contributed by atoms with E-state index in [1.165, 1.54) is 4.90 Å². The van der Waals surface area contributed by atoms with Crippen molar-refractivity contribution in [3.05, 3.63) is 58.9 Å². The monoisotopic (exact) mass is 385 g/mol. The molecule has 0 radical (unpaired) electrons. The maximum Gasteiger partial charge on any atom is 0.216 e. The molecular weight excluding hydrogens is 366 g/mol. The van der Waals surface area contributed by atoms with Crippen LogP contribution in [0.2, 0.25) is 0 Å². The lowest BCUT2D eigenvalue weighted by atomic mass is 10.2. The van der Waals surface area contributed by atoms with Crippen LogP contribution in [0.25, 0.3) is 11.4 Å². The van der Waals surface area contributed by atoms with Crippen molar-refractivity contribution >= 4 is 30.2 Å². The molecule has 0 saturated carbocycles. The topological polar surface area (TPSA) is 67.2 Å². The van der Waals surface area contributed by atoms with Crippen molar-refractivity contribution in [2.24, 2.45) is 5.10 Å². The lowest BCUT2D eigenvalue weighted by Gasteiger charge is -2.07. The fraction of sp³-hybridized carbons (Fsp3) is 0.167. The lowest BCUT2D eigenvalue weighted by Crippen LogP contribution is -2.10. The van der Waals surface area contributed by atoms with Gasteiger partial charge < -0.3 is 4.74 Å². The van der Waals surface area contributed by atoms with Crippen molar-refractivity contribution in [1.82, 2.24) is 14.9 Å². The van der Waals surface area contributed by atoms with Gasteiger partial charge in [0.25, 0.3) is 0 Å². The molecule has 2 aromatic carbocycles. The molecule has 0 fully saturated rings. The van der Waals surface area contributed by atoms with Gasteiger partial charge >= 0.3 is 0 Å². The van der Waals surface area contributed by atoms with Crippen LogP contribution in [0.3, 0.4) is 0 Å². The molecule has 0 aliphatic carbocycles. The summed E-state index contributed by atoms with van der Waals surface area (Å²) in [6.07, 6.45) is 3.79. The highest BCUT2D eigenvalue weighted by Crippen LogP contribution is 2.20. The van der Waals surface area contributed by atoms with E-state index < -0.39 is 0 Å². The largest absolute Gasteiger partial charge is 0.494 e. The summed E-state index contributed by atoms with van der Waals surface area (Å²) in [4.78, 5) is 1.21. The van der Waals surface area contributed by atoms with Crippen LogP contribution in [0, 0.1) is 4.77 Å². The van der Waals surface area contributed by atoms with Crippen LogP contribution in [-0.4, -0.2) is 34.0 Å². The third kappa shape index (κ3) is 4.33. The zero-order valence-corrected chi connectivity index (χ0v) is 16.1. The molecule has 0 aliphatic heterocycles. The number of aromatic nitrogens is 3. The first-order chi connectivity index (χ1) is 12.7. The van der Waals surface area contributed by atoms with Gasteiger partial charge in [0.15, 0.2) is 5.82 Å². The molecule has 1 heterocycles. The number of hydrogen-bond acceptors (Lipinski definition) is 6. The van der Waals surface area contributed by atoms with Gasteiger partial charge in [-0.2, -0.15) is 14.9 Å². The molecule has 2 N–H and O–H groups in total. The normalized spacial score (nSPS) is 11.0. The fourth-order valence-corrected chi connectivity index (χ4v) is 2.88. The average Bonchev–Trinajstić information content (AvgIpc) is 3.04. The Bertz CT molecular complexity index is 929. The molecule has 3 rings (SSSR count). The maximum atomic E-state index is 5.47. The second-order valence-corrected chi connectivity index (χ2v) is 6.54. The van der Waals surface area contributed by atoms with E-state index in [4.69, 9.17) is 17.0 Å².